The van der Waals surface area contributed by atoms with Crippen LogP contribution in [-0.4, -0.2) is 66.2 Å². The number of ether oxygens (including phenoxy) is 2. The Morgan fingerprint density at radius 1 is 0.966 bits per heavy atom. The molecule has 0 rings (SSSR count). The number of nitrogens with one attached hydrogen (secondary N) is 3. The average Bonchev–Trinajstić information content (AvgIpc) is 2.53. The topological polar surface area (TPSA) is 152 Å². The van der Waals surface area contributed by atoms with Crippen LogP contribution in [0.5, 0.6) is 0 Å². The average molecular weight is 419 g/mol. The molecule has 0 aliphatic carbocycles. The van der Waals surface area contributed by atoms with Crippen LogP contribution < -0.4 is 21.7 Å². The Hall–Kier alpha value is -1.91. The van der Waals surface area contributed by atoms with Crippen molar-refractivity contribution < 1.29 is 29.0 Å². The molecule has 0 aromatic carbocycles. The SMILES string of the molecule is CC(C)(C)OC(=O)NCC[C@@H](CO)N[C@@H](CCCN)C(=O)NC(=O)OC(C)(C)C. The first-order valence-corrected chi connectivity index (χ1v) is 9.85. The normalized spacial score (nSPS) is 13.9. The standard InChI is InChI=1S/C19H38N4O6/c1-18(2,3)28-16(26)21-11-9-13(12-24)22-14(8-7-10-20)15(25)23-17(27)29-19(4,5)6/h13-14,22,24H,7-12,20H2,1-6H3,(H,21,26)(H,23,25,27)/t13-,14-/m0/s1. The Balaban J connectivity index is 4.72. The number of carbonyl (C=O) groups is 3. The number of hydrogen-bond donors (Lipinski definition) is 5. The molecule has 0 aliphatic rings. The summed E-state index contributed by atoms with van der Waals surface area (Å²) in [6.45, 7) is 10.7. The number of hydrogen-bond acceptors (Lipinski definition) is 8. The highest BCUT2D eigenvalue weighted by molar-refractivity contribution is 5.95. The van der Waals surface area contributed by atoms with Gasteiger partial charge in [-0.25, -0.2) is 9.59 Å². The highest BCUT2D eigenvalue weighted by atomic mass is 16.6. The zero-order chi connectivity index (χ0) is 22.7. The summed E-state index contributed by atoms with van der Waals surface area (Å²) < 4.78 is 10.2. The summed E-state index contributed by atoms with van der Waals surface area (Å²) in [7, 11) is 0. The first kappa shape index (κ1) is 27.1. The van der Waals surface area contributed by atoms with Gasteiger partial charge in [-0.2, -0.15) is 0 Å². The van der Waals surface area contributed by atoms with Gasteiger partial charge in [0.1, 0.15) is 11.2 Å². The van der Waals surface area contributed by atoms with Crippen LogP contribution in [-0.2, 0) is 14.3 Å². The first-order valence-electron chi connectivity index (χ1n) is 9.85. The van der Waals surface area contributed by atoms with Gasteiger partial charge in [-0.05, 0) is 67.3 Å². The molecule has 0 bridgehead atoms. The van der Waals surface area contributed by atoms with E-state index in [2.05, 4.69) is 16.0 Å². The third-order valence-electron chi connectivity index (χ3n) is 3.46. The number of rotatable bonds is 10. The highest BCUT2D eigenvalue weighted by Gasteiger charge is 2.25. The van der Waals surface area contributed by atoms with Crippen molar-refractivity contribution in [2.24, 2.45) is 5.73 Å². The molecule has 0 aromatic rings. The van der Waals surface area contributed by atoms with Crippen LogP contribution in [0.4, 0.5) is 9.59 Å². The summed E-state index contributed by atoms with van der Waals surface area (Å²) in [6.07, 6.45) is -0.116. The van der Waals surface area contributed by atoms with Gasteiger partial charge < -0.3 is 30.9 Å². The zero-order valence-corrected chi connectivity index (χ0v) is 18.5. The summed E-state index contributed by atoms with van der Waals surface area (Å²) in [4.78, 5) is 36.0. The smallest absolute Gasteiger partial charge is 0.414 e. The number of aliphatic hydroxyl groups excluding tert-OH is 1. The summed E-state index contributed by atoms with van der Waals surface area (Å²) in [5.41, 5.74) is 4.19. The number of nitrogens with two attached hydrogens (primary N) is 1. The second-order valence-corrected chi connectivity index (χ2v) is 8.74. The van der Waals surface area contributed by atoms with Gasteiger partial charge in [0.2, 0.25) is 5.91 Å². The van der Waals surface area contributed by atoms with Gasteiger partial charge >= 0.3 is 12.2 Å². The van der Waals surface area contributed by atoms with Crippen molar-refractivity contribution in [3.8, 4) is 0 Å². The molecule has 29 heavy (non-hydrogen) atoms. The first-order chi connectivity index (χ1) is 13.3. The van der Waals surface area contributed by atoms with E-state index in [0.717, 1.165) is 0 Å². The lowest BCUT2D eigenvalue weighted by molar-refractivity contribution is -0.123. The number of aliphatic hydroxyl groups is 1. The molecule has 2 atom stereocenters. The molecular formula is C19H38N4O6. The lowest BCUT2D eigenvalue weighted by atomic mass is 10.1. The van der Waals surface area contributed by atoms with Gasteiger partial charge in [0.25, 0.3) is 0 Å². The number of alkyl carbamates (subject to hydrolysis) is 2. The Labute approximate surface area is 173 Å². The maximum Gasteiger partial charge on any atom is 0.414 e. The Bertz CT molecular complexity index is 528. The van der Waals surface area contributed by atoms with Crippen LogP contribution in [0.15, 0.2) is 0 Å². The van der Waals surface area contributed by atoms with Crippen LogP contribution in [0.2, 0.25) is 0 Å². The van der Waals surface area contributed by atoms with Crippen molar-refractivity contribution in [2.45, 2.75) is 84.1 Å². The Morgan fingerprint density at radius 3 is 2.00 bits per heavy atom. The molecule has 0 heterocycles. The van der Waals surface area contributed by atoms with E-state index in [9.17, 15) is 19.5 Å². The van der Waals surface area contributed by atoms with E-state index >= 15 is 0 Å². The molecular weight excluding hydrogens is 380 g/mol. The second-order valence-electron chi connectivity index (χ2n) is 8.74. The van der Waals surface area contributed by atoms with Crippen molar-refractivity contribution in [3.05, 3.63) is 0 Å². The zero-order valence-electron chi connectivity index (χ0n) is 18.5. The molecule has 0 fully saturated rings. The summed E-state index contributed by atoms with van der Waals surface area (Å²) >= 11 is 0. The Morgan fingerprint density at radius 2 is 1.52 bits per heavy atom. The van der Waals surface area contributed by atoms with Gasteiger partial charge in [0.15, 0.2) is 0 Å². The van der Waals surface area contributed by atoms with E-state index < -0.39 is 41.4 Å². The fraction of sp³-hybridized carbons (Fsp3) is 0.842. The highest BCUT2D eigenvalue weighted by Crippen LogP contribution is 2.08. The molecule has 0 aromatic heterocycles. The minimum absolute atomic E-state index is 0.241. The fourth-order valence-electron chi connectivity index (χ4n) is 2.28. The number of imide groups is 1. The van der Waals surface area contributed by atoms with Crippen LogP contribution in [0.3, 0.4) is 0 Å². The lowest BCUT2D eigenvalue weighted by Gasteiger charge is -2.25. The molecule has 0 spiro atoms. The van der Waals surface area contributed by atoms with Crippen molar-refractivity contribution in [1.82, 2.24) is 16.0 Å². The second kappa shape index (κ2) is 12.6. The van der Waals surface area contributed by atoms with Crippen molar-refractivity contribution in [1.29, 1.82) is 0 Å². The molecule has 3 amide bonds. The largest absolute Gasteiger partial charge is 0.444 e. The molecule has 6 N–H and O–H groups in total. The molecule has 0 saturated heterocycles. The maximum absolute atomic E-state index is 12.4. The lowest BCUT2D eigenvalue weighted by Crippen LogP contribution is -2.52. The van der Waals surface area contributed by atoms with E-state index in [-0.39, 0.29) is 13.2 Å². The minimum atomic E-state index is -0.839. The summed E-state index contributed by atoms with van der Waals surface area (Å²) in [6, 6.07) is -1.22. The molecule has 0 radical (unpaired) electrons. The monoisotopic (exact) mass is 418 g/mol. The van der Waals surface area contributed by atoms with Crippen molar-refractivity contribution >= 4 is 18.1 Å². The number of amides is 3. The predicted molar refractivity (Wildman–Crippen MR) is 109 cm³/mol. The van der Waals surface area contributed by atoms with Crippen LogP contribution >= 0.6 is 0 Å². The predicted octanol–water partition coefficient (Wildman–Crippen LogP) is 1.01. The fourth-order valence-corrected chi connectivity index (χ4v) is 2.28. The van der Waals surface area contributed by atoms with E-state index in [4.69, 9.17) is 15.2 Å². The van der Waals surface area contributed by atoms with Gasteiger partial charge in [-0.15, -0.1) is 0 Å². The van der Waals surface area contributed by atoms with Gasteiger partial charge in [0.05, 0.1) is 12.6 Å². The Kier molecular flexibility index (Phi) is 11.8. The third kappa shape index (κ3) is 14.7. The molecule has 170 valence electrons. The number of carbonyl (C=O) groups excluding carboxylic acids is 3. The molecule has 0 saturated carbocycles. The van der Waals surface area contributed by atoms with E-state index in [1.807, 2.05) is 0 Å². The van der Waals surface area contributed by atoms with E-state index in [0.29, 0.717) is 25.8 Å². The third-order valence-corrected chi connectivity index (χ3v) is 3.46. The molecule has 10 nitrogen and oxygen atoms in total. The quantitative estimate of drug-likeness (QED) is 0.352. The summed E-state index contributed by atoms with van der Waals surface area (Å²) in [5, 5.41) is 17.4. The van der Waals surface area contributed by atoms with Gasteiger partial charge in [0, 0.05) is 12.6 Å². The van der Waals surface area contributed by atoms with Crippen molar-refractivity contribution in [2.75, 3.05) is 19.7 Å². The molecule has 0 aliphatic heterocycles. The van der Waals surface area contributed by atoms with Crippen LogP contribution in [0.1, 0.15) is 60.8 Å². The van der Waals surface area contributed by atoms with Crippen LogP contribution in [0.25, 0.3) is 0 Å². The van der Waals surface area contributed by atoms with E-state index in [1.165, 1.54) is 0 Å². The van der Waals surface area contributed by atoms with Gasteiger partial charge in [-0.3, -0.25) is 10.1 Å². The molecule has 10 heteroatoms. The van der Waals surface area contributed by atoms with Gasteiger partial charge in [-0.1, -0.05) is 0 Å². The van der Waals surface area contributed by atoms with Crippen LogP contribution in [0, 0.1) is 0 Å². The summed E-state index contributed by atoms with van der Waals surface area (Å²) in [5.74, 6) is -0.564. The van der Waals surface area contributed by atoms with E-state index in [1.54, 1.807) is 41.5 Å². The van der Waals surface area contributed by atoms with Crippen molar-refractivity contribution in [3.63, 3.8) is 0 Å². The molecule has 0 unspecified atom stereocenters. The minimum Gasteiger partial charge on any atom is -0.444 e. The maximum atomic E-state index is 12.4.